The molecule has 0 radical (unpaired) electrons. The zero-order valence-corrected chi connectivity index (χ0v) is 13.6. The van der Waals surface area contributed by atoms with E-state index in [9.17, 15) is 18.0 Å². The molecule has 2 rings (SSSR count). The van der Waals surface area contributed by atoms with Crippen LogP contribution in [0.5, 0.6) is 0 Å². The molecule has 0 spiro atoms. The molecule has 25 heavy (non-hydrogen) atoms. The second kappa shape index (κ2) is 8.17. The number of esters is 1. The van der Waals surface area contributed by atoms with Crippen molar-refractivity contribution in [3.05, 3.63) is 47.7 Å². The lowest BCUT2D eigenvalue weighted by atomic mass is 10.1. The zero-order valence-electron chi connectivity index (χ0n) is 13.6. The molecule has 0 saturated heterocycles. The summed E-state index contributed by atoms with van der Waals surface area (Å²) in [6.07, 6.45) is -4.81. The highest BCUT2D eigenvalue weighted by atomic mass is 19.4. The minimum Gasteiger partial charge on any atom is -0.457 e. The number of hydrogen-bond acceptors (Lipinski definition) is 5. The van der Waals surface area contributed by atoms with E-state index >= 15 is 0 Å². The molecule has 1 aromatic heterocycles. The van der Waals surface area contributed by atoms with E-state index in [1.807, 2.05) is 0 Å². The van der Waals surface area contributed by atoms with Gasteiger partial charge in [0.05, 0.1) is 12.2 Å². The standard InChI is InChI=1S/C17H17F3O5/c1-22-9-13(23-2)10-24-16(21)15-8-7-14(25-15)11-3-5-12(6-4-11)17(18,19)20/h3-8,13H,9-10H2,1-2H3. The molecular weight excluding hydrogens is 341 g/mol. The van der Waals surface area contributed by atoms with Gasteiger partial charge >= 0.3 is 12.1 Å². The molecule has 1 unspecified atom stereocenters. The third kappa shape index (κ3) is 5.07. The normalized spacial score (nSPS) is 12.8. The van der Waals surface area contributed by atoms with Gasteiger partial charge in [0.25, 0.3) is 0 Å². The first kappa shape index (κ1) is 19.0. The number of halogens is 3. The highest BCUT2D eigenvalue weighted by Crippen LogP contribution is 2.31. The van der Waals surface area contributed by atoms with Crippen LogP contribution in [0.3, 0.4) is 0 Å². The van der Waals surface area contributed by atoms with Crippen LogP contribution in [0.4, 0.5) is 13.2 Å². The molecule has 1 aromatic carbocycles. The summed E-state index contributed by atoms with van der Waals surface area (Å²) in [6.45, 7) is 0.248. The maximum Gasteiger partial charge on any atom is 0.416 e. The Morgan fingerprint density at radius 2 is 1.76 bits per heavy atom. The average molecular weight is 358 g/mol. The van der Waals surface area contributed by atoms with Crippen LogP contribution in [-0.2, 0) is 20.4 Å². The Labute approximate surface area is 142 Å². The molecule has 0 aliphatic carbocycles. The topological polar surface area (TPSA) is 57.9 Å². The van der Waals surface area contributed by atoms with Crippen LogP contribution in [0, 0.1) is 0 Å². The predicted molar refractivity (Wildman–Crippen MR) is 82.1 cm³/mol. The van der Waals surface area contributed by atoms with Crippen LogP contribution in [0.2, 0.25) is 0 Å². The number of alkyl halides is 3. The van der Waals surface area contributed by atoms with Crippen LogP contribution in [-0.4, -0.2) is 39.5 Å². The molecule has 5 nitrogen and oxygen atoms in total. The maximum atomic E-state index is 12.6. The lowest BCUT2D eigenvalue weighted by Crippen LogP contribution is -2.25. The van der Waals surface area contributed by atoms with Gasteiger partial charge in [-0.3, -0.25) is 0 Å². The SMILES string of the molecule is COCC(COC(=O)c1ccc(-c2ccc(C(F)(F)F)cc2)o1)OC. The van der Waals surface area contributed by atoms with Crippen LogP contribution < -0.4 is 0 Å². The Hall–Kier alpha value is -2.32. The van der Waals surface area contributed by atoms with Gasteiger partial charge in [-0.05, 0) is 24.3 Å². The van der Waals surface area contributed by atoms with E-state index in [-0.39, 0.29) is 24.7 Å². The minimum absolute atomic E-state index is 0.0144. The van der Waals surface area contributed by atoms with E-state index in [1.165, 1.54) is 38.5 Å². The van der Waals surface area contributed by atoms with E-state index in [1.54, 1.807) is 0 Å². The maximum absolute atomic E-state index is 12.6. The number of hydrogen-bond donors (Lipinski definition) is 0. The Morgan fingerprint density at radius 3 is 2.32 bits per heavy atom. The first-order chi connectivity index (χ1) is 11.8. The van der Waals surface area contributed by atoms with Crippen LogP contribution in [0.1, 0.15) is 16.1 Å². The third-order valence-corrected chi connectivity index (χ3v) is 3.39. The zero-order chi connectivity index (χ0) is 18.4. The van der Waals surface area contributed by atoms with E-state index in [4.69, 9.17) is 18.6 Å². The fourth-order valence-corrected chi connectivity index (χ4v) is 2.04. The first-order valence-electron chi connectivity index (χ1n) is 7.31. The van der Waals surface area contributed by atoms with E-state index in [2.05, 4.69) is 0 Å². The highest BCUT2D eigenvalue weighted by molar-refractivity contribution is 5.87. The fraction of sp³-hybridized carbons (Fsp3) is 0.353. The third-order valence-electron chi connectivity index (χ3n) is 3.39. The van der Waals surface area contributed by atoms with Gasteiger partial charge in [-0.1, -0.05) is 12.1 Å². The smallest absolute Gasteiger partial charge is 0.416 e. The number of rotatable bonds is 7. The van der Waals surface area contributed by atoms with Crippen molar-refractivity contribution in [2.45, 2.75) is 12.3 Å². The van der Waals surface area contributed by atoms with Crippen LogP contribution >= 0.6 is 0 Å². The molecular formula is C17H17F3O5. The molecule has 8 heteroatoms. The lowest BCUT2D eigenvalue weighted by molar-refractivity contribution is -0.137. The number of carbonyl (C=O) groups is 1. The van der Waals surface area contributed by atoms with Gasteiger partial charge in [-0.25, -0.2) is 4.79 Å². The lowest BCUT2D eigenvalue weighted by Gasteiger charge is -2.13. The summed E-state index contributed by atoms with van der Waals surface area (Å²) in [4.78, 5) is 11.9. The van der Waals surface area contributed by atoms with Gasteiger partial charge in [0.1, 0.15) is 18.5 Å². The molecule has 0 amide bonds. The first-order valence-corrected chi connectivity index (χ1v) is 7.31. The predicted octanol–water partition coefficient (Wildman–Crippen LogP) is 3.78. The second-order valence-corrected chi connectivity index (χ2v) is 5.15. The summed E-state index contributed by atoms with van der Waals surface area (Å²) in [5, 5.41) is 0. The van der Waals surface area contributed by atoms with Crippen molar-refractivity contribution in [3.8, 4) is 11.3 Å². The summed E-state index contributed by atoms with van der Waals surface area (Å²) in [5.41, 5.74) is -0.340. The second-order valence-electron chi connectivity index (χ2n) is 5.15. The van der Waals surface area contributed by atoms with Gasteiger partial charge in [-0.15, -0.1) is 0 Å². The molecule has 0 bridgehead atoms. The molecule has 2 aromatic rings. The summed E-state index contributed by atoms with van der Waals surface area (Å²) < 4.78 is 58.1. The molecule has 0 aliphatic rings. The Morgan fingerprint density at radius 1 is 1.08 bits per heavy atom. The van der Waals surface area contributed by atoms with Crippen molar-refractivity contribution in [1.82, 2.24) is 0 Å². The van der Waals surface area contributed by atoms with Gasteiger partial charge in [-0.2, -0.15) is 13.2 Å². The quantitative estimate of drug-likeness (QED) is 0.705. The van der Waals surface area contributed by atoms with Crippen molar-refractivity contribution < 1.29 is 36.6 Å². The number of carbonyl (C=O) groups excluding carboxylic acids is 1. The average Bonchev–Trinajstić information content (AvgIpc) is 3.08. The minimum atomic E-state index is -4.41. The summed E-state index contributed by atoms with van der Waals surface area (Å²) >= 11 is 0. The monoisotopic (exact) mass is 358 g/mol. The van der Waals surface area contributed by atoms with Gasteiger partial charge < -0.3 is 18.6 Å². The van der Waals surface area contributed by atoms with Crippen LogP contribution in [0.15, 0.2) is 40.8 Å². The van der Waals surface area contributed by atoms with Gasteiger partial charge in [0.2, 0.25) is 5.76 Å². The molecule has 0 N–H and O–H groups in total. The van der Waals surface area contributed by atoms with Crippen molar-refractivity contribution in [2.24, 2.45) is 0 Å². The molecule has 0 aliphatic heterocycles. The highest BCUT2D eigenvalue weighted by Gasteiger charge is 2.30. The molecule has 1 atom stereocenters. The Kier molecular flexibility index (Phi) is 6.22. The summed E-state index contributed by atoms with van der Waals surface area (Å²) in [6, 6.07) is 7.33. The van der Waals surface area contributed by atoms with E-state index in [0.717, 1.165) is 12.1 Å². The van der Waals surface area contributed by atoms with Crippen LogP contribution in [0.25, 0.3) is 11.3 Å². The van der Waals surface area contributed by atoms with E-state index < -0.39 is 23.8 Å². The summed E-state index contributed by atoms with van der Waals surface area (Å²) in [7, 11) is 2.96. The van der Waals surface area contributed by atoms with Crippen molar-refractivity contribution in [1.29, 1.82) is 0 Å². The largest absolute Gasteiger partial charge is 0.457 e. The number of benzene rings is 1. The van der Waals surface area contributed by atoms with Gasteiger partial charge in [0.15, 0.2) is 0 Å². The number of furan rings is 1. The Bertz CT molecular complexity index is 691. The van der Waals surface area contributed by atoms with Crippen molar-refractivity contribution in [2.75, 3.05) is 27.4 Å². The fourth-order valence-electron chi connectivity index (χ4n) is 2.04. The Balaban J connectivity index is 2.03. The van der Waals surface area contributed by atoms with Gasteiger partial charge in [0, 0.05) is 19.8 Å². The molecule has 0 fully saturated rings. The van der Waals surface area contributed by atoms with Crippen molar-refractivity contribution in [3.63, 3.8) is 0 Å². The number of ether oxygens (including phenoxy) is 3. The molecule has 136 valence electrons. The molecule has 0 saturated carbocycles. The molecule has 1 heterocycles. The van der Waals surface area contributed by atoms with E-state index in [0.29, 0.717) is 5.56 Å². The van der Waals surface area contributed by atoms with Crippen molar-refractivity contribution >= 4 is 5.97 Å². The summed E-state index contributed by atoms with van der Waals surface area (Å²) in [5.74, 6) is -0.487. The number of methoxy groups -OCH3 is 2.